The van der Waals surface area contributed by atoms with Gasteiger partial charge in [0, 0.05) is 38.3 Å². The summed E-state index contributed by atoms with van der Waals surface area (Å²) >= 11 is 0. The molecule has 15 nitrogen and oxygen atoms in total. The smallest absolute Gasteiger partial charge is 0.328 e. The number of carbonyl (C=O) groups excluding carboxylic acids is 1. The zero-order chi connectivity index (χ0) is 27.3. The second-order valence-electron chi connectivity index (χ2n) is 8.19. The topological polar surface area (TPSA) is 211 Å². The number of nitro groups is 1. The molecule has 37 heavy (non-hydrogen) atoms. The van der Waals surface area contributed by atoms with Crippen molar-refractivity contribution in [3.8, 4) is 5.88 Å². The average Bonchev–Trinajstić information content (AvgIpc) is 2.86. The first-order valence-corrected chi connectivity index (χ1v) is 12.9. The third-order valence-corrected chi connectivity index (χ3v) is 7.84. The highest BCUT2D eigenvalue weighted by Crippen LogP contribution is 2.32. The van der Waals surface area contributed by atoms with Crippen LogP contribution in [0.25, 0.3) is 0 Å². The van der Waals surface area contributed by atoms with Gasteiger partial charge in [-0.05, 0) is 32.8 Å². The van der Waals surface area contributed by atoms with Crippen LogP contribution < -0.4 is 16.7 Å². The van der Waals surface area contributed by atoms with Gasteiger partial charge in [0.2, 0.25) is 21.8 Å². The first-order chi connectivity index (χ1) is 17.5. The lowest BCUT2D eigenvalue weighted by Gasteiger charge is -2.34. The van der Waals surface area contributed by atoms with E-state index in [0.717, 1.165) is 28.7 Å². The molecule has 1 atom stereocenters. The van der Waals surface area contributed by atoms with Crippen LogP contribution in [0, 0.1) is 16.0 Å². The second kappa shape index (κ2) is 11.3. The van der Waals surface area contributed by atoms with Gasteiger partial charge in [0.1, 0.15) is 10.5 Å². The van der Waals surface area contributed by atoms with Crippen molar-refractivity contribution in [1.82, 2.24) is 19.2 Å². The number of non-ortho nitro benzene ring substituents is 1. The molecule has 4 N–H and O–H groups in total. The Labute approximate surface area is 211 Å². The van der Waals surface area contributed by atoms with Gasteiger partial charge in [-0.3, -0.25) is 35.1 Å². The molecule has 1 aliphatic rings. The van der Waals surface area contributed by atoms with Gasteiger partial charge >= 0.3 is 5.69 Å². The van der Waals surface area contributed by atoms with E-state index in [-0.39, 0.29) is 24.7 Å². The summed E-state index contributed by atoms with van der Waals surface area (Å²) in [5.74, 6) is -1.46. The molecule has 2 heterocycles. The van der Waals surface area contributed by atoms with Crippen molar-refractivity contribution in [1.29, 1.82) is 0 Å². The quantitative estimate of drug-likeness (QED) is 0.198. The maximum absolute atomic E-state index is 13.6. The van der Waals surface area contributed by atoms with Crippen molar-refractivity contribution in [2.45, 2.75) is 31.6 Å². The average molecular weight is 538 g/mol. The third kappa shape index (κ3) is 6.03. The lowest BCUT2D eigenvalue weighted by Crippen LogP contribution is -2.46. The summed E-state index contributed by atoms with van der Waals surface area (Å²) in [5.41, 5.74) is -0.482. The standard InChI is InChI=1S/C21H27N7O8S/c1-3-26(4-2)20(31)13-6-5-9-27(12-13)37(35,36)17-10-14(28(33)34)7-8-16(17)25-22-11-15-18(29)23-21(32)24-19(15)30/h7-8,10-11,13,25H,3-6,9,12H2,1-2H3,(H3,23,24,29,30,32)/t13-/m1/s1. The van der Waals surface area contributed by atoms with Gasteiger partial charge < -0.3 is 10.0 Å². The summed E-state index contributed by atoms with van der Waals surface area (Å²) in [6.45, 7) is 4.69. The van der Waals surface area contributed by atoms with Gasteiger partial charge in [-0.1, -0.05) is 0 Å². The number of sulfonamides is 1. The summed E-state index contributed by atoms with van der Waals surface area (Å²) in [6.07, 6.45) is 1.80. The summed E-state index contributed by atoms with van der Waals surface area (Å²) in [5, 5.41) is 24.9. The van der Waals surface area contributed by atoms with Crippen LogP contribution in [0.3, 0.4) is 0 Å². The van der Waals surface area contributed by atoms with E-state index in [0.29, 0.717) is 25.9 Å². The van der Waals surface area contributed by atoms with Gasteiger partial charge in [-0.15, -0.1) is 0 Å². The molecule has 0 aliphatic carbocycles. The Balaban J connectivity index is 1.95. The Morgan fingerprint density at radius 1 is 1.32 bits per heavy atom. The Bertz CT molecular complexity index is 1430. The number of anilines is 1. The van der Waals surface area contributed by atoms with Gasteiger partial charge in [-0.2, -0.15) is 9.41 Å². The highest BCUT2D eigenvalue weighted by Gasteiger charge is 2.36. The number of amides is 1. The van der Waals surface area contributed by atoms with Crippen LogP contribution >= 0.6 is 0 Å². The molecule has 1 aromatic heterocycles. The molecular weight excluding hydrogens is 510 g/mol. The molecule has 0 unspecified atom stereocenters. The zero-order valence-electron chi connectivity index (χ0n) is 20.1. The van der Waals surface area contributed by atoms with Crippen LogP contribution in [0.2, 0.25) is 0 Å². The third-order valence-electron chi connectivity index (χ3n) is 5.94. The molecule has 1 fully saturated rings. The van der Waals surface area contributed by atoms with E-state index in [4.69, 9.17) is 0 Å². The molecule has 1 amide bonds. The van der Waals surface area contributed by atoms with Crippen molar-refractivity contribution >= 4 is 33.5 Å². The van der Waals surface area contributed by atoms with Crippen LogP contribution in [-0.2, 0) is 14.8 Å². The Hall–Kier alpha value is -4.05. The van der Waals surface area contributed by atoms with Crippen LogP contribution in [0.4, 0.5) is 11.4 Å². The number of aromatic nitrogens is 2. The molecule has 1 aromatic carbocycles. The zero-order valence-corrected chi connectivity index (χ0v) is 20.9. The van der Waals surface area contributed by atoms with Crippen molar-refractivity contribution in [3.63, 3.8) is 0 Å². The molecule has 16 heteroatoms. The number of hydrogen-bond donors (Lipinski definition) is 4. The SMILES string of the molecule is CCN(CC)C(=O)[C@@H]1CCCN(S(=O)(=O)c2cc([N+](=O)[O-])ccc2NN=Cc2c(O)[nH]c(=O)[nH]c2=O)C1. The summed E-state index contributed by atoms with van der Waals surface area (Å²) in [6, 6.07) is 3.10. The molecule has 2 aromatic rings. The van der Waals surface area contributed by atoms with E-state index in [1.807, 2.05) is 23.8 Å². The van der Waals surface area contributed by atoms with E-state index in [1.165, 1.54) is 0 Å². The molecule has 200 valence electrons. The maximum Gasteiger partial charge on any atom is 0.328 e. The Kier molecular flexibility index (Phi) is 8.44. The molecule has 3 rings (SSSR count). The minimum absolute atomic E-state index is 0.0797. The van der Waals surface area contributed by atoms with Crippen LogP contribution in [-0.4, -0.2) is 75.9 Å². The summed E-state index contributed by atoms with van der Waals surface area (Å²) in [4.78, 5) is 51.6. The van der Waals surface area contributed by atoms with E-state index >= 15 is 0 Å². The number of hydrazone groups is 1. The first kappa shape index (κ1) is 27.5. The predicted molar refractivity (Wildman–Crippen MR) is 133 cm³/mol. The Morgan fingerprint density at radius 2 is 2.03 bits per heavy atom. The number of rotatable bonds is 9. The molecule has 0 bridgehead atoms. The number of aromatic hydroxyl groups is 1. The maximum atomic E-state index is 13.6. The number of H-pyrrole nitrogens is 2. The molecule has 0 radical (unpaired) electrons. The largest absolute Gasteiger partial charge is 0.494 e. The highest BCUT2D eigenvalue weighted by molar-refractivity contribution is 7.89. The highest BCUT2D eigenvalue weighted by atomic mass is 32.2. The first-order valence-electron chi connectivity index (χ1n) is 11.4. The normalized spacial score (nSPS) is 16.5. The van der Waals surface area contributed by atoms with Gasteiger partial charge in [0.15, 0.2) is 0 Å². The van der Waals surface area contributed by atoms with Crippen LogP contribution in [0.5, 0.6) is 5.88 Å². The van der Waals surface area contributed by atoms with E-state index in [2.05, 4.69) is 10.5 Å². The molecule has 0 saturated carbocycles. The van der Waals surface area contributed by atoms with Crippen LogP contribution in [0.15, 0.2) is 37.8 Å². The van der Waals surface area contributed by atoms with E-state index in [1.54, 1.807) is 4.90 Å². The summed E-state index contributed by atoms with van der Waals surface area (Å²) < 4.78 is 28.3. The molecular formula is C21H27N7O8S. The molecule has 1 saturated heterocycles. The molecule has 0 spiro atoms. The lowest BCUT2D eigenvalue weighted by atomic mass is 9.98. The summed E-state index contributed by atoms with van der Waals surface area (Å²) in [7, 11) is -4.31. The fraction of sp³-hybridized carbons (Fsp3) is 0.429. The number of nitro benzene ring substituents is 1. The lowest BCUT2D eigenvalue weighted by molar-refractivity contribution is -0.385. The van der Waals surface area contributed by atoms with Gasteiger partial charge in [-0.25, -0.2) is 13.2 Å². The number of nitrogens with one attached hydrogen (secondary N) is 3. The van der Waals surface area contributed by atoms with Crippen molar-refractivity contribution in [3.05, 3.63) is 54.7 Å². The van der Waals surface area contributed by atoms with Crippen LogP contribution in [0.1, 0.15) is 32.3 Å². The minimum atomic E-state index is -4.31. The predicted octanol–water partition coefficient (Wildman–Crippen LogP) is 0.392. The van der Waals surface area contributed by atoms with E-state index in [9.17, 15) is 38.0 Å². The number of nitrogens with zero attached hydrogens (tertiary/aromatic N) is 4. The monoisotopic (exact) mass is 537 g/mol. The number of aromatic amines is 2. The number of carbonyl (C=O) groups is 1. The Morgan fingerprint density at radius 3 is 2.65 bits per heavy atom. The fourth-order valence-electron chi connectivity index (χ4n) is 4.00. The van der Waals surface area contributed by atoms with Crippen molar-refractivity contribution in [2.24, 2.45) is 11.0 Å². The van der Waals surface area contributed by atoms with Gasteiger partial charge in [0.05, 0.1) is 22.7 Å². The molecule has 1 aliphatic heterocycles. The van der Waals surface area contributed by atoms with Crippen molar-refractivity contribution < 1.29 is 23.2 Å². The number of benzene rings is 1. The minimum Gasteiger partial charge on any atom is -0.494 e. The number of piperidine rings is 1. The van der Waals surface area contributed by atoms with E-state index < -0.39 is 54.1 Å². The second-order valence-corrected chi connectivity index (χ2v) is 10.1. The fourth-order valence-corrected chi connectivity index (χ4v) is 5.68. The van der Waals surface area contributed by atoms with Gasteiger partial charge in [0.25, 0.3) is 11.2 Å². The number of hydrogen-bond acceptors (Lipinski definition) is 10. The van der Waals surface area contributed by atoms with Crippen molar-refractivity contribution in [2.75, 3.05) is 31.6 Å².